The van der Waals surface area contributed by atoms with E-state index in [1.54, 1.807) is 19.1 Å². The number of urea groups is 1. The summed E-state index contributed by atoms with van der Waals surface area (Å²) in [6.07, 6.45) is 6.80. The predicted octanol–water partition coefficient (Wildman–Crippen LogP) is 2.07. The first kappa shape index (κ1) is 15.3. The van der Waals surface area contributed by atoms with Crippen molar-refractivity contribution in [1.82, 2.24) is 10.6 Å². The fourth-order valence-electron chi connectivity index (χ4n) is 2.45. The molecule has 0 saturated heterocycles. The Labute approximate surface area is 123 Å². The van der Waals surface area contributed by atoms with Crippen molar-refractivity contribution in [3.63, 3.8) is 0 Å². The maximum absolute atomic E-state index is 11.8. The van der Waals surface area contributed by atoms with Crippen molar-refractivity contribution in [2.75, 3.05) is 12.8 Å². The average molecular weight is 298 g/mol. The molecule has 3 atom stereocenters. The van der Waals surface area contributed by atoms with Gasteiger partial charge >= 0.3 is 6.03 Å². The molecule has 0 aliphatic heterocycles. The van der Waals surface area contributed by atoms with Gasteiger partial charge in [-0.05, 0) is 44.6 Å². The van der Waals surface area contributed by atoms with Gasteiger partial charge in [-0.25, -0.2) is 4.79 Å². The topological polar surface area (TPSA) is 74.5 Å². The Morgan fingerprint density at radius 3 is 3.00 bits per heavy atom. The molecule has 6 heteroatoms. The third-order valence-electron chi connectivity index (χ3n) is 3.70. The molecule has 1 aromatic heterocycles. The van der Waals surface area contributed by atoms with E-state index in [-0.39, 0.29) is 18.6 Å². The standard InChI is InChI=1S/C14H22N2O3S/c1-14(18,12-4-3-7-19-12)9-15-13(17)16-10-5-6-11(8-10)20-2/h3-4,7,10-11,18H,5-6,8-9H2,1-2H3,(H2,15,16,17). The summed E-state index contributed by atoms with van der Waals surface area (Å²) in [5, 5.41) is 16.5. The molecule has 2 amide bonds. The molecule has 1 aliphatic rings. The second-order valence-electron chi connectivity index (χ2n) is 5.45. The van der Waals surface area contributed by atoms with Crippen LogP contribution in [0.15, 0.2) is 22.8 Å². The average Bonchev–Trinajstić information content (AvgIpc) is 3.07. The maximum atomic E-state index is 11.8. The van der Waals surface area contributed by atoms with E-state index < -0.39 is 5.60 Å². The summed E-state index contributed by atoms with van der Waals surface area (Å²) in [5.74, 6) is 0.445. The van der Waals surface area contributed by atoms with Crippen LogP contribution in [0.25, 0.3) is 0 Å². The van der Waals surface area contributed by atoms with Gasteiger partial charge in [-0.1, -0.05) is 0 Å². The van der Waals surface area contributed by atoms with Crippen molar-refractivity contribution < 1.29 is 14.3 Å². The molecule has 112 valence electrons. The van der Waals surface area contributed by atoms with E-state index in [0.717, 1.165) is 19.3 Å². The highest BCUT2D eigenvalue weighted by atomic mass is 32.2. The van der Waals surface area contributed by atoms with Gasteiger partial charge < -0.3 is 20.2 Å². The number of aliphatic hydroxyl groups is 1. The highest BCUT2D eigenvalue weighted by Gasteiger charge is 2.28. The van der Waals surface area contributed by atoms with E-state index in [2.05, 4.69) is 16.9 Å². The number of carbonyl (C=O) groups is 1. The molecular weight excluding hydrogens is 276 g/mol. The van der Waals surface area contributed by atoms with Crippen molar-refractivity contribution in [1.29, 1.82) is 0 Å². The largest absolute Gasteiger partial charge is 0.466 e. The minimum Gasteiger partial charge on any atom is -0.466 e. The lowest BCUT2D eigenvalue weighted by molar-refractivity contribution is 0.0366. The fourth-order valence-corrected chi connectivity index (χ4v) is 3.24. The zero-order chi connectivity index (χ0) is 14.6. The molecule has 3 unspecified atom stereocenters. The van der Waals surface area contributed by atoms with E-state index in [9.17, 15) is 9.90 Å². The van der Waals surface area contributed by atoms with Crippen LogP contribution >= 0.6 is 11.8 Å². The molecule has 5 nitrogen and oxygen atoms in total. The molecule has 1 heterocycles. The summed E-state index contributed by atoms with van der Waals surface area (Å²) < 4.78 is 5.17. The summed E-state index contributed by atoms with van der Waals surface area (Å²) in [6.45, 7) is 1.73. The highest BCUT2D eigenvalue weighted by Crippen LogP contribution is 2.28. The van der Waals surface area contributed by atoms with Crippen LogP contribution in [0.2, 0.25) is 0 Å². The van der Waals surface area contributed by atoms with Crippen LogP contribution in [0.4, 0.5) is 4.79 Å². The second-order valence-corrected chi connectivity index (χ2v) is 6.58. The quantitative estimate of drug-likeness (QED) is 0.778. The number of amides is 2. The van der Waals surface area contributed by atoms with Crippen molar-refractivity contribution in [2.45, 2.75) is 43.1 Å². The molecular formula is C14H22N2O3S. The zero-order valence-corrected chi connectivity index (χ0v) is 12.7. The highest BCUT2D eigenvalue weighted by molar-refractivity contribution is 7.99. The molecule has 0 bridgehead atoms. The normalized spacial score (nSPS) is 25.1. The van der Waals surface area contributed by atoms with Gasteiger partial charge in [-0.15, -0.1) is 0 Å². The number of carbonyl (C=O) groups excluding carboxylic acids is 1. The first-order valence-corrected chi connectivity index (χ1v) is 8.13. The fraction of sp³-hybridized carbons (Fsp3) is 0.643. The molecule has 3 N–H and O–H groups in total. The van der Waals surface area contributed by atoms with Gasteiger partial charge in [0.2, 0.25) is 0 Å². The smallest absolute Gasteiger partial charge is 0.315 e. The SMILES string of the molecule is CSC1CCC(NC(=O)NCC(C)(O)c2ccco2)C1. The van der Waals surface area contributed by atoms with Gasteiger partial charge in [0.15, 0.2) is 0 Å². The molecule has 0 aromatic carbocycles. The zero-order valence-electron chi connectivity index (χ0n) is 11.9. The first-order valence-electron chi connectivity index (χ1n) is 6.85. The first-order chi connectivity index (χ1) is 9.51. The Bertz CT molecular complexity index is 434. The molecule has 1 aliphatic carbocycles. The van der Waals surface area contributed by atoms with Crippen molar-refractivity contribution in [2.24, 2.45) is 0 Å². The van der Waals surface area contributed by atoms with Gasteiger partial charge in [-0.2, -0.15) is 11.8 Å². The lowest BCUT2D eigenvalue weighted by Crippen LogP contribution is -2.46. The molecule has 0 radical (unpaired) electrons. The molecule has 1 fully saturated rings. The van der Waals surface area contributed by atoms with E-state index in [0.29, 0.717) is 11.0 Å². The lowest BCUT2D eigenvalue weighted by Gasteiger charge is -2.22. The molecule has 1 aromatic rings. The molecule has 1 saturated carbocycles. The summed E-state index contributed by atoms with van der Waals surface area (Å²) in [7, 11) is 0. The lowest BCUT2D eigenvalue weighted by atomic mass is 10.0. The second kappa shape index (κ2) is 6.54. The Morgan fingerprint density at radius 1 is 1.60 bits per heavy atom. The third-order valence-corrected chi connectivity index (χ3v) is 4.79. The monoisotopic (exact) mass is 298 g/mol. The number of hydrogen-bond acceptors (Lipinski definition) is 4. The van der Waals surface area contributed by atoms with Gasteiger partial charge in [0.25, 0.3) is 0 Å². The van der Waals surface area contributed by atoms with Crippen molar-refractivity contribution >= 4 is 17.8 Å². The summed E-state index contributed by atoms with van der Waals surface area (Å²) in [5.41, 5.74) is -1.20. The van der Waals surface area contributed by atoms with Gasteiger partial charge in [0.05, 0.1) is 12.8 Å². The van der Waals surface area contributed by atoms with Crippen LogP contribution in [-0.4, -0.2) is 35.2 Å². The van der Waals surface area contributed by atoms with Crippen molar-refractivity contribution in [3.05, 3.63) is 24.2 Å². The van der Waals surface area contributed by atoms with Crippen LogP contribution in [0.3, 0.4) is 0 Å². The maximum Gasteiger partial charge on any atom is 0.315 e. The van der Waals surface area contributed by atoms with E-state index in [1.165, 1.54) is 6.26 Å². The van der Waals surface area contributed by atoms with Crippen LogP contribution in [0, 0.1) is 0 Å². The third kappa shape index (κ3) is 3.93. The van der Waals surface area contributed by atoms with Gasteiger partial charge in [0.1, 0.15) is 11.4 Å². The summed E-state index contributed by atoms with van der Waals surface area (Å²) in [6, 6.07) is 3.41. The Hall–Kier alpha value is -1.14. The number of furan rings is 1. The summed E-state index contributed by atoms with van der Waals surface area (Å²) in [4.78, 5) is 11.8. The van der Waals surface area contributed by atoms with Crippen LogP contribution in [0.5, 0.6) is 0 Å². The number of rotatable bonds is 5. The Kier molecular flexibility index (Phi) is 4.99. The molecule has 20 heavy (non-hydrogen) atoms. The number of hydrogen-bond donors (Lipinski definition) is 3. The van der Waals surface area contributed by atoms with Crippen LogP contribution in [-0.2, 0) is 5.60 Å². The number of thioether (sulfide) groups is 1. The molecule has 0 spiro atoms. The summed E-state index contributed by atoms with van der Waals surface area (Å²) >= 11 is 1.86. The Balaban J connectivity index is 1.75. The van der Waals surface area contributed by atoms with Crippen molar-refractivity contribution in [3.8, 4) is 0 Å². The van der Waals surface area contributed by atoms with Gasteiger partial charge in [0, 0.05) is 11.3 Å². The minimum atomic E-state index is -1.20. The van der Waals surface area contributed by atoms with Gasteiger partial charge in [-0.3, -0.25) is 0 Å². The van der Waals surface area contributed by atoms with Crippen LogP contribution in [0.1, 0.15) is 31.9 Å². The Morgan fingerprint density at radius 2 is 2.40 bits per heavy atom. The minimum absolute atomic E-state index is 0.116. The van der Waals surface area contributed by atoms with Crippen LogP contribution < -0.4 is 10.6 Å². The van der Waals surface area contributed by atoms with E-state index in [1.807, 2.05) is 11.8 Å². The molecule has 2 rings (SSSR count). The predicted molar refractivity (Wildman–Crippen MR) is 79.8 cm³/mol. The van der Waals surface area contributed by atoms with E-state index in [4.69, 9.17) is 4.42 Å². The number of nitrogens with one attached hydrogen (secondary N) is 2. The van der Waals surface area contributed by atoms with E-state index >= 15 is 0 Å².